The zero-order valence-electron chi connectivity index (χ0n) is 19.1. The third-order valence-corrected chi connectivity index (χ3v) is 6.90. The standard InChI is InChI=1S/C26H38N2O3/c1-20(2)26(31)28-17-13-22(14-18-28)8-7-21-11-15-27(16-12-21)25-6-4-3-5-23(25)9-10-24(30)19-29/h3-6,9-10,20-22,29H,7-8,11-19H2,1-2H3/b10-9+. The Morgan fingerprint density at radius 2 is 1.58 bits per heavy atom. The summed E-state index contributed by atoms with van der Waals surface area (Å²) in [7, 11) is 0. The van der Waals surface area contributed by atoms with Gasteiger partial charge < -0.3 is 14.9 Å². The molecule has 1 N–H and O–H groups in total. The average Bonchev–Trinajstić information content (AvgIpc) is 2.81. The summed E-state index contributed by atoms with van der Waals surface area (Å²) in [6.45, 7) is 7.49. The molecular weight excluding hydrogens is 388 g/mol. The van der Waals surface area contributed by atoms with Crippen molar-refractivity contribution in [1.82, 2.24) is 4.90 Å². The lowest BCUT2D eigenvalue weighted by Crippen LogP contribution is -2.40. The molecule has 1 amide bonds. The zero-order chi connectivity index (χ0) is 22.2. The predicted octanol–water partition coefficient (Wildman–Crippen LogP) is 4.15. The SMILES string of the molecule is CC(C)C(=O)N1CCC(CCC2CCN(c3ccccc3/C=C/C(=O)CO)CC2)CC1. The van der Waals surface area contributed by atoms with Gasteiger partial charge in [0.1, 0.15) is 6.61 Å². The predicted molar refractivity (Wildman–Crippen MR) is 126 cm³/mol. The smallest absolute Gasteiger partial charge is 0.225 e. The summed E-state index contributed by atoms with van der Waals surface area (Å²) in [5.41, 5.74) is 2.20. The van der Waals surface area contributed by atoms with Crippen LogP contribution in [0.3, 0.4) is 0 Å². The van der Waals surface area contributed by atoms with Gasteiger partial charge in [0.15, 0.2) is 5.78 Å². The number of aliphatic hydroxyl groups excluding tert-OH is 1. The van der Waals surface area contributed by atoms with Gasteiger partial charge in [-0.25, -0.2) is 0 Å². The van der Waals surface area contributed by atoms with Gasteiger partial charge in [0, 0.05) is 37.8 Å². The minimum Gasteiger partial charge on any atom is -0.388 e. The molecule has 0 aromatic heterocycles. The van der Waals surface area contributed by atoms with Crippen LogP contribution in [0, 0.1) is 17.8 Å². The monoisotopic (exact) mass is 426 g/mol. The number of anilines is 1. The van der Waals surface area contributed by atoms with Crippen LogP contribution in [0.5, 0.6) is 0 Å². The number of likely N-dealkylation sites (tertiary alicyclic amines) is 1. The van der Waals surface area contributed by atoms with Gasteiger partial charge in [-0.3, -0.25) is 9.59 Å². The largest absolute Gasteiger partial charge is 0.388 e. The van der Waals surface area contributed by atoms with Crippen LogP contribution in [0.4, 0.5) is 5.69 Å². The van der Waals surface area contributed by atoms with E-state index in [0.717, 1.165) is 56.4 Å². The Hall–Kier alpha value is -2.14. The molecule has 0 spiro atoms. The van der Waals surface area contributed by atoms with Crippen molar-refractivity contribution < 1.29 is 14.7 Å². The number of ketones is 1. The number of para-hydroxylation sites is 1. The molecule has 2 heterocycles. The highest BCUT2D eigenvalue weighted by Gasteiger charge is 2.26. The normalized spacial score (nSPS) is 18.8. The molecule has 0 radical (unpaired) electrons. The van der Waals surface area contributed by atoms with E-state index in [4.69, 9.17) is 5.11 Å². The maximum atomic E-state index is 12.2. The number of hydrogen-bond donors (Lipinski definition) is 1. The van der Waals surface area contributed by atoms with Gasteiger partial charge in [-0.2, -0.15) is 0 Å². The van der Waals surface area contributed by atoms with Crippen molar-refractivity contribution in [3.8, 4) is 0 Å². The van der Waals surface area contributed by atoms with Gasteiger partial charge in [0.2, 0.25) is 5.91 Å². The second kappa shape index (κ2) is 11.5. The molecule has 0 saturated carbocycles. The molecule has 0 unspecified atom stereocenters. The fourth-order valence-corrected chi connectivity index (χ4v) is 4.89. The van der Waals surface area contributed by atoms with Crippen molar-refractivity contribution in [1.29, 1.82) is 0 Å². The molecule has 1 aromatic rings. The van der Waals surface area contributed by atoms with Crippen LogP contribution in [-0.2, 0) is 9.59 Å². The van der Waals surface area contributed by atoms with Crippen molar-refractivity contribution in [2.45, 2.75) is 52.4 Å². The number of carbonyl (C=O) groups excluding carboxylic acids is 2. The molecule has 5 heteroatoms. The van der Waals surface area contributed by atoms with E-state index in [9.17, 15) is 9.59 Å². The maximum absolute atomic E-state index is 12.2. The van der Waals surface area contributed by atoms with E-state index in [0.29, 0.717) is 5.91 Å². The molecule has 2 saturated heterocycles. The highest BCUT2D eigenvalue weighted by molar-refractivity contribution is 5.95. The Kier molecular flexibility index (Phi) is 8.70. The minimum absolute atomic E-state index is 0.109. The third kappa shape index (κ3) is 6.67. The van der Waals surface area contributed by atoms with Crippen LogP contribution in [0.25, 0.3) is 6.08 Å². The molecular formula is C26H38N2O3. The summed E-state index contributed by atoms with van der Waals surface area (Å²) in [6.07, 6.45) is 10.6. The van der Waals surface area contributed by atoms with Crippen molar-refractivity contribution in [3.63, 3.8) is 0 Å². The number of amides is 1. The lowest BCUT2D eigenvalue weighted by molar-refractivity contribution is -0.135. The summed E-state index contributed by atoms with van der Waals surface area (Å²) in [5, 5.41) is 8.94. The molecule has 2 fully saturated rings. The summed E-state index contributed by atoms with van der Waals surface area (Å²) in [6, 6.07) is 8.18. The highest BCUT2D eigenvalue weighted by atomic mass is 16.3. The van der Waals surface area contributed by atoms with E-state index >= 15 is 0 Å². The average molecular weight is 427 g/mol. The first kappa shape index (κ1) is 23.5. The van der Waals surface area contributed by atoms with Gasteiger partial charge >= 0.3 is 0 Å². The third-order valence-electron chi connectivity index (χ3n) is 6.90. The quantitative estimate of drug-likeness (QED) is 0.635. The van der Waals surface area contributed by atoms with Crippen LogP contribution in [0.15, 0.2) is 30.3 Å². The van der Waals surface area contributed by atoms with Crippen LogP contribution in [-0.4, -0.2) is 54.5 Å². The molecule has 31 heavy (non-hydrogen) atoms. The number of benzene rings is 1. The maximum Gasteiger partial charge on any atom is 0.225 e. The van der Waals surface area contributed by atoms with Crippen molar-refractivity contribution >= 4 is 23.5 Å². The zero-order valence-corrected chi connectivity index (χ0v) is 19.1. The second-order valence-corrected chi connectivity index (χ2v) is 9.45. The van der Waals surface area contributed by atoms with Crippen LogP contribution < -0.4 is 4.90 Å². The van der Waals surface area contributed by atoms with E-state index in [-0.39, 0.29) is 11.7 Å². The molecule has 0 bridgehead atoms. The highest BCUT2D eigenvalue weighted by Crippen LogP contribution is 2.31. The first-order valence-electron chi connectivity index (χ1n) is 11.9. The van der Waals surface area contributed by atoms with Crippen LogP contribution >= 0.6 is 0 Å². The molecule has 0 aliphatic carbocycles. The number of aliphatic hydroxyl groups is 1. The molecule has 170 valence electrons. The van der Waals surface area contributed by atoms with Gasteiger partial charge in [0.05, 0.1) is 0 Å². The Morgan fingerprint density at radius 1 is 1.00 bits per heavy atom. The van der Waals surface area contributed by atoms with E-state index in [1.54, 1.807) is 0 Å². The van der Waals surface area contributed by atoms with Crippen molar-refractivity contribution in [2.75, 3.05) is 37.7 Å². The van der Waals surface area contributed by atoms with E-state index in [1.165, 1.54) is 37.4 Å². The Morgan fingerprint density at radius 3 is 2.16 bits per heavy atom. The second-order valence-electron chi connectivity index (χ2n) is 9.45. The summed E-state index contributed by atoms with van der Waals surface area (Å²) in [5.74, 6) is 1.70. The molecule has 5 nitrogen and oxygen atoms in total. The Labute approximate surface area is 187 Å². The summed E-state index contributed by atoms with van der Waals surface area (Å²) in [4.78, 5) is 28.1. The number of nitrogens with zero attached hydrogens (tertiary/aromatic N) is 2. The summed E-state index contributed by atoms with van der Waals surface area (Å²) >= 11 is 0. The first-order chi connectivity index (χ1) is 15.0. The topological polar surface area (TPSA) is 60.9 Å². The number of hydrogen-bond acceptors (Lipinski definition) is 4. The Bertz CT molecular complexity index is 758. The molecule has 2 aliphatic rings. The Balaban J connectivity index is 1.43. The van der Waals surface area contributed by atoms with E-state index in [2.05, 4.69) is 15.9 Å². The van der Waals surface area contributed by atoms with E-state index < -0.39 is 6.61 Å². The summed E-state index contributed by atoms with van der Waals surface area (Å²) < 4.78 is 0. The van der Waals surface area contributed by atoms with Crippen molar-refractivity contribution in [3.05, 3.63) is 35.9 Å². The molecule has 1 aromatic carbocycles. The first-order valence-corrected chi connectivity index (χ1v) is 11.9. The van der Waals surface area contributed by atoms with Gasteiger partial charge in [0.25, 0.3) is 0 Å². The number of carbonyl (C=O) groups is 2. The van der Waals surface area contributed by atoms with Crippen LogP contribution in [0.1, 0.15) is 57.9 Å². The number of piperidine rings is 2. The van der Waals surface area contributed by atoms with Gasteiger partial charge in [-0.1, -0.05) is 44.9 Å². The van der Waals surface area contributed by atoms with Gasteiger partial charge in [-0.05, 0) is 61.3 Å². The molecule has 0 atom stereocenters. The lowest BCUT2D eigenvalue weighted by Gasteiger charge is -2.36. The fourth-order valence-electron chi connectivity index (χ4n) is 4.89. The minimum atomic E-state index is -0.447. The van der Waals surface area contributed by atoms with Crippen LogP contribution in [0.2, 0.25) is 0 Å². The fraction of sp³-hybridized carbons (Fsp3) is 0.615. The molecule has 3 rings (SSSR count). The number of rotatable bonds is 8. The van der Waals surface area contributed by atoms with Gasteiger partial charge in [-0.15, -0.1) is 0 Å². The van der Waals surface area contributed by atoms with Crippen molar-refractivity contribution in [2.24, 2.45) is 17.8 Å². The van der Waals surface area contributed by atoms with E-state index in [1.807, 2.05) is 38.1 Å². The lowest BCUT2D eigenvalue weighted by atomic mass is 9.85. The molecule has 2 aliphatic heterocycles.